The van der Waals surface area contributed by atoms with E-state index in [1.165, 1.54) is 13.0 Å². The molecular weight excluding hydrogens is 481 g/mol. The number of ketones is 1. The number of Topliss-reactive ketones (excluding diaryl/α,β-unsaturated/α-hetero) is 1. The van der Waals surface area contributed by atoms with Crippen molar-refractivity contribution in [1.29, 1.82) is 0 Å². The Hall–Kier alpha value is -3.46. The molecule has 36 heavy (non-hydrogen) atoms. The second-order valence-corrected chi connectivity index (χ2v) is 11.0. The number of aromatic nitrogens is 3. The van der Waals surface area contributed by atoms with Crippen LogP contribution < -0.4 is 4.74 Å². The van der Waals surface area contributed by atoms with Gasteiger partial charge in [-0.2, -0.15) is 5.10 Å². The van der Waals surface area contributed by atoms with Crippen LogP contribution in [0, 0.1) is 19.7 Å². The van der Waals surface area contributed by atoms with Crippen LogP contribution >= 0.6 is 0 Å². The van der Waals surface area contributed by atoms with Crippen molar-refractivity contribution in [2.24, 2.45) is 0 Å². The average molecular weight is 512 g/mol. The summed E-state index contributed by atoms with van der Waals surface area (Å²) in [6.07, 6.45) is 4.28. The molecule has 0 saturated carbocycles. The summed E-state index contributed by atoms with van der Waals surface area (Å²) >= 11 is 0. The highest BCUT2D eigenvalue weighted by Gasteiger charge is 2.25. The number of nitrogens with zero attached hydrogens (tertiary/aromatic N) is 3. The lowest BCUT2D eigenvalue weighted by atomic mass is 9.95. The first-order valence-corrected chi connectivity index (χ1v) is 13.3. The van der Waals surface area contributed by atoms with Crippen LogP contribution in [0.25, 0.3) is 10.9 Å². The number of rotatable bonds is 10. The summed E-state index contributed by atoms with van der Waals surface area (Å²) in [7, 11) is -3.98. The third-order valence-corrected chi connectivity index (χ3v) is 7.93. The number of ether oxygens (including phenoxy) is 1. The van der Waals surface area contributed by atoms with Gasteiger partial charge in [-0.1, -0.05) is 24.6 Å². The van der Waals surface area contributed by atoms with Crippen LogP contribution in [0.4, 0.5) is 4.39 Å². The minimum atomic E-state index is -3.98. The molecule has 2 aromatic heterocycles. The number of carbonyl (C=O) groups excluding carboxylic acids is 1. The molecule has 0 amide bonds. The van der Waals surface area contributed by atoms with Crippen LogP contribution in [0.15, 0.2) is 59.8 Å². The highest BCUT2D eigenvalue weighted by molar-refractivity contribution is 7.90. The van der Waals surface area contributed by atoms with Crippen molar-refractivity contribution in [3.63, 3.8) is 0 Å². The molecular formula is C27H30FN3O4S. The molecule has 0 unspecified atom stereocenters. The van der Waals surface area contributed by atoms with Crippen LogP contribution in [0.2, 0.25) is 0 Å². The van der Waals surface area contributed by atoms with Crippen molar-refractivity contribution >= 4 is 26.7 Å². The lowest BCUT2D eigenvalue weighted by molar-refractivity contribution is -0.117. The molecule has 2 aromatic carbocycles. The van der Waals surface area contributed by atoms with E-state index in [0.29, 0.717) is 24.8 Å². The third kappa shape index (κ3) is 5.36. The van der Waals surface area contributed by atoms with Gasteiger partial charge in [0.25, 0.3) is 10.0 Å². The van der Waals surface area contributed by atoms with Gasteiger partial charge in [-0.15, -0.1) is 0 Å². The Morgan fingerprint density at radius 3 is 2.50 bits per heavy atom. The molecule has 1 atom stereocenters. The molecule has 4 aromatic rings. The minimum absolute atomic E-state index is 0.0388. The molecule has 190 valence electrons. The van der Waals surface area contributed by atoms with E-state index in [9.17, 15) is 13.2 Å². The van der Waals surface area contributed by atoms with Gasteiger partial charge in [-0.3, -0.25) is 4.68 Å². The largest absolute Gasteiger partial charge is 0.489 e. The van der Waals surface area contributed by atoms with E-state index in [1.54, 1.807) is 41.2 Å². The van der Waals surface area contributed by atoms with Crippen molar-refractivity contribution < 1.29 is 22.3 Å². The summed E-state index contributed by atoms with van der Waals surface area (Å²) in [5.74, 6) is -0.685. The van der Waals surface area contributed by atoms with Crippen LogP contribution in [-0.4, -0.2) is 34.6 Å². The zero-order valence-electron chi connectivity index (χ0n) is 20.9. The van der Waals surface area contributed by atoms with E-state index in [1.807, 2.05) is 33.0 Å². The van der Waals surface area contributed by atoms with E-state index in [2.05, 4.69) is 5.10 Å². The number of hydrogen-bond donors (Lipinski definition) is 0. The number of carbonyl (C=O) groups is 1. The van der Waals surface area contributed by atoms with Gasteiger partial charge in [-0.25, -0.2) is 16.8 Å². The fourth-order valence-electron chi connectivity index (χ4n) is 4.16. The normalized spacial score (nSPS) is 12.7. The second-order valence-electron chi connectivity index (χ2n) is 9.21. The predicted octanol–water partition coefficient (Wildman–Crippen LogP) is 5.38. The van der Waals surface area contributed by atoms with Gasteiger partial charge in [-0.05, 0) is 62.9 Å². The lowest BCUT2D eigenvalue weighted by Gasteiger charge is -2.11. The first-order valence-electron chi connectivity index (χ1n) is 11.9. The molecule has 9 heteroatoms. The number of fused-ring (bicyclic) bond motifs is 1. The fourth-order valence-corrected chi connectivity index (χ4v) is 5.53. The highest BCUT2D eigenvalue weighted by Crippen LogP contribution is 2.36. The van der Waals surface area contributed by atoms with Gasteiger partial charge in [0.15, 0.2) is 11.6 Å². The smallest absolute Gasteiger partial charge is 0.268 e. The predicted molar refractivity (Wildman–Crippen MR) is 136 cm³/mol. The molecule has 0 bridgehead atoms. The Labute approximate surface area is 210 Å². The molecule has 0 fully saturated rings. The van der Waals surface area contributed by atoms with Crippen LogP contribution in [0.5, 0.6) is 5.75 Å². The van der Waals surface area contributed by atoms with Crippen LogP contribution in [-0.2, 0) is 21.4 Å². The fraction of sp³-hybridized carbons (Fsp3) is 0.333. The standard InChI is InChI=1S/C27H30FN3O4S/c1-18-5-9-22(10-6-18)36(33,34)31-17-24(19(2)7-8-21(4)32)23-15-27(25(28)16-26(23)31)35-14-13-30-12-11-20(3)29-30/h5-6,9-12,15-17,19H,7-8,13-14H2,1-4H3/t19-/m0/s1. The molecule has 0 radical (unpaired) electrons. The second kappa shape index (κ2) is 10.3. The molecule has 7 nitrogen and oxygen atoms in total. The molecule has 0 aliphatic carbocycles. The van der Waals surface area contributed by atoms with E-state index < -0.39 is 15.8 Å². The molecule has 4 rings (SSSR count). The first kappa shape index (κ1) is 25.6. The number of aryl methyl sites for hydroxylation is 2. The zero-order chi connectivity index (χ0) is 26.0. The molecule has 0 aliphatic heterocycles. The maximum Gasteiger partial charge on any atom is 0.268 e. The highest BCUT2D eigenvalue weighted by atomic mass is 32.2. The van der Waals surface area contributed by atoms with Gasteiger partial charge in [0.05, 0.1) is 22.7 Å². The van der Waals surface area contributed by atoms with Crippen molar-refractivity contribution in [2.75, 3.05) is 6.61 Å². The zero-order valence-corrected chi connectivity index (χ0v) is 21.7. The van der Waals surface area contributed by atoms with Gasteiger partial charge >= 0.3 is 0 Å². The quantitative estimate of drug-likeness (QED) is 0.285. The van der Waals surface area contributed by atoms with E-state index in [0.717, 1.165) is 20.8 Å². The molecule has 0 aliphatic rings. The molecule has 0 spiro atoms. The lowest BCUT2D eigenvalue weighted by Crippen LogP contribution is -2.12. The maximum atomic E-state index is 15.1. The van der Waals surface area contributed by atoms with Crippen molar-refractivity contribution in [3.8, 4) is 5.75 Å². The van der Waals surface area contributed by atoms with Crippen LogP contribution in [0.3, 0.4) is 0 Å². The Morgan fingerprint density at radius 2 is 1.86 bits per heavy atom. The van der Waals surface area contributed by atoms with E-state index in [4.69, 9.17) is 4.74 Å². The van der Waals surface area contributed by atoms with Crippen molar-refractivity contribution in [3.05, 3.63) is 77.5 Å². The summed E-state index contributed by atoms with van der Waals surface area (Å²) in [4.78, 5) is 11.7. The number of halogens is 1. The van der Waals surface area contributed by atoms with Crippen molar-refractivity contribution in [1.82, 2.24) is 13.8 Å². The van der Waals surface area contributed by atoms with Crippen molar-refractivity contribution in [2.45, 2.75) is 57.9 Å². The van der Waals surface area contributed by atoms with Gasteiger partial charge in [0, 0.05) is 30.3 Å². The Balaban J connectivity index is 1.75. The van der Waals surface area contributed by atoms with Crippen LogP contribution in [0.1, 0.15) is 49.4 Å². The Kier molecular flexibility index (Phi) is 7.31. The summed E-state index contributed by atoms with van der Waals surface area (Å²) in [6, 6.07) is 11.2. The van der Waals surface area contributed by atoms with Gasteiger partial charge < -0.3 is 9.53 Å². The summed E-state index contributed by atoms with van der Waals surface area (Å²) in [6.45, 7) is 7.86. The number of benzene rings is 2. The molecule has 0 saturated heterocycles. The van der Waals surface area contributed by atoms with Gasteiger partial charge in [0.1, 0.15) is 12.4 Å². The summed E-state index contributed by atoms with van der Waals surface area (Å²) < 4.78 is 50.8. The summed E-state index contributed by atoms with van der Waals surface area (Å²) in [5, 5.41) is 4.87. The monoisotopic (exact) mass is 511 g/mol. The van der Waals surface area contributed by atoms with E-state index >= 15 is 4.39 Å². The third-order valence-electron chi connectivity index (χ3n) is 6.25. The Bertz CT molecular complexity index is 1500. The SMILES string of the molecule is CC(=O)CC[C@H](C)c1cn(S(=O)(=O)c2ccc(C)cc2)c2cc(F)c(OCCn3ccc(C)n3)cc12. The minimum Gasteiger partial charge on any atom is -0.489 e. The molecule has 0 N–H and O–H groups in total. The van der Waals surface area contributed by atoms with Gasteiger partial charge in [0.2, 0.25) is 0 Å². The summed E-state index contributed by atoms with van der Waals surface area (Å²) in [5.41, 5.74) is 2.76. The topological polar surface area (TPSA) is 83.2 Å². The molecule has 2 heterocycles. The first-order chi connectivity index (χ1) is 17.1. The maximum absolute atomic E-state index is 15.1. The Morgan fingerprint density at radius 1 is 1.14 bits per heavy atom. The number of hydrogen-bond acceptors (Lipinski definition) is 5. The average Bonchev–Trinajstić information content (AvgIpc) is 3.41. The van der Waals surface area contributed by atoms with E-state index in [-0.39, 0.29) is 34.5 Å².